The predicted octanol–water partition coefficient (Wildman–Crippen LogP) is 2.54. The van der Waals surface area contributed by atoms with Crippen LogP contribution >= 0.6 is 0 Å². The van der Waals surface area contributed by atoms with Gasteiger partial charge in [-0.25, -0.2) is 23.4 Å². The lowest BCUT2D eigenvalue weighted by Gasteiger charge is -2.10. The second kappa shape index (κ2) is 4.66. The first-order chi connectivity index (χ1) is 9.56. The Kier molecular flexibility index (Phi) is 2.96. The SMILES string of the molecule is CC(C)n1ncnc1Cn1cnc2cc(F)c(F)cc21. The van der Waals surface area contributed by atoms with Gasteiger partial charge in [0.1, 0.15) is 12.2 Å². The molecule has 3 rings (SSSR count). The zero-order valence-electron chi connectivity index (χ0n) is 11.1. The maximum atomic E-state index is 13.3. The number of benzene rings is 1. The van der Waals surface area contributed by atoms with Gasteiger partial charge in [-0.15, -0.1) is 0 Å². The smallest absolute Gasteiger partial charge is 0.161 e. The molecule has 0 unspecified atom stereocenters. The van der Waals surface area contributed by atoms with Crippen LogP contribution in [0.25, 0.3) is 11.0 Å². The molecule has 1 aromatic carbocycles. The summed E-state index contributed by atoms with van der Waals surface area (Å²) in [4.78, 5) is 8.27. The number of aromatic nitrogens is 5. The van der Waals surface area contributed by atoms with Crippen LogP contribution in [0.15, 0.2) is 24.8 Å². The first kappa shape index (κ1) is 12.7. The van der Waals surface area contributed by atoms with Crippen LogP contribution in [0, 0.1) is 11.6 Å². The molecule has 0 radical (unpaired) electrons. The number of rotatable bonds is 3. The normalized spacial score (nSPS) is 11.7. The summed E-state index contributed by atoms with van der Waals surface area (Å²) >= 11 is 0. The summed E-state index contributed by atoms with van der Waals surface area (Å²) < 4.78 is 30.0. The highest BCUT2D eigenvalue weighted by Crippen LogP contribution is 2.18. The summed E-state index contributed by atoms with van der Waals surface area (Å²) in [5, 5.41) is 4.15. The van der Waals surface area contributed by atoms with Crippen molar-refractivity contribution in [3.8, 4) is 0 Å². The minimum Gasteiger partial charge on any atom is -0.323 e. The fourth-order valence-electron chi connectivity index (χ4n) is 2.15. The van der Waals surface area contributed by atoms with Crippen molar-refractivity contribution in [3.63, 3.8) is 0 Å². The third-order valence-electron chi connectivity index (χ3n) is 3.11. The van der Waals surface area contributed by atoms with E-state index in [1.54, 1.807) is 15.6 Å². The number of imidazole rings is 1. The van der Waals surface area contributed by atoms with Crippen molar-refractivity contribution in [2.45, 2.75) is 26.4 Å². The highest BCUT2D eigenvalue weighted by atomic mass is 19.2. The van der Waals surface area contributed by atoms with Crippen LogP contribution in [0.3, 0.4) is 0 Å². The van der Waals surface area contributed by atoms with Crippen molar-refractivity contribution >= 4 is 11.0 Å². The average molecular weight is 277 g/mol. The lowest BCUT2D eigenvalue weighted by molar-refractivity contribution is 0.497. The Bertz CT molecular complexity index is 759. The monoisotopic (exact) mass is 277 g/mol. The summed E-state index contributed by atoms with van der Waals surface area (Å²) in [6.45, 7) is 4.40. The molecule has 0 aliphatic carbocycles. The van der Waals surface area contributed by atoms with Gasteiger partial charge in [-0.05, 0) is 13.8 Å². The van der Waals surface area contributed by atoms with E-state index in [9.17, 15) is 8.78 Å². The maximum Gasteiger partial charge on any atom is 0.161 e. The molecule has 0 atom stereocenters. The minimum absolute atomic E-state index is 0.177. The first-order valence-corrected chi connectivity index (χ1v) is 6.24. The molecule has 7 heteroatoms. The average Bonchev–Trinajstić information content (AvgIpc) is 2.99. The molecule has 0 fully saturated rings. The molecule has 104 valence electrons. The summed E-state index contributed by atoms with van der Waals surface area (Å²) in [5.74, 6) is -1.04. The van der Waals surface area contributed by atoms with Gasteiger partial charge in [0.15, 0.2) is 11.6 Å². The third kappa shape index (κ3) is 2.04. The van der Waals surface area contributed by atoms with Gasteiger partial charge in [-0.1, -0.05) is 0 Å². The van der Waals surface area contributed by atoms with E-state index in [2.05, 4.69) is 15.1 Å². The van der Waals surface area contributed by atoms with E-state index in [1.807, 2.05) is 13.8 Å². The van der Waals surface area contributed by atoms with Crippen LogP contribution < -0.4 is 0 Å². The van der Waals surface area contributed by atoms with Crippen molar-refractivity contribution in [3.05, 3.63) is 42.2 Å². The third-order valence-corrected chi connectivity index (χ3v) is 3.11. The number of fused-ring (bicyclic) bond motifs is 1. The van der Waals surface area contributed by atoms with Crippen molar-refractivity contribution in [1.82, 2.24) is 24.3 Å². The predicted molar refractivity (Wildman–Crippen MR) is 69.2 cm³/mol. The van der Waals surface area contributed by atoms with E-state index < -0.39 is 11.6 Å². The van der Waals surface area contributed by atoms with Gasteiger partial charge in [0.05, 0.1) is 23.9 Å². The first-order valence-electron chi connectivity index (χ1n) is 6.24. The van der Waals surface area contributed by atoms with Crippen LogP contribution in [0.4, 0.5) is 8.78 Å². The van der Waals surface area contributed by atoms with E-state index in [1.165, 1.54) is 6.33 Å². The Labute approximate surface area is 113 Å². The van der Waals surface area contributed by atoms with Gasteiger partial charge < -0.3 is 4.57 Å². The second-order valence-electron chi connectivity index (χ2n) is 4.84. The Morgan fingerprint density at radius 2 is 1.90 bits per heavy atom. The summed E-state index contributed by atoms with van der Waals surface area (Å²) in [6.07, 6.45) is 3.03. The summed E-state index contributed by atoms with van der Waals surface area (Å²) in [6, 6.07) is 2.42. The topological polar surface area (TPSA) is 48.5 Å². The molecule has 0 saturated heterocycles. The van der Waals surface area contributed by atoms with Crippen LogP contribution in [0.2, 0.25) is 0 Å². The quantitative estimate of drug-likeness (QED) is 0.739. The molecular weight excluding hydrogens is 264 g/mol. The van der Waals surface area contributed by atoms with Gasteiger partial charge in [0.25, 0.3) is 0 Å². The zero-order valence-corrected chi connectivity index (χ0v) is 11.1. The lowest BCUT2D eigenvalue weighted by Crippen LogP contribution is -2.11. The molecule has 3 aromatic rings. The Morgan fingerprint density at radius 3 is 2.65 bits per heavy atom. The number of hydrogen-bond acceptors (Lipinski definition) is 3. The molecule has 0 saturated carbocycles. The molecule has 0 aliphatic heterocycles. The number of halogens is 2. The van der Waals surface area contributed by atoms with Crippen LogP contribution in [0.1, 0.15) is 25.7 Å². The van der Waals surface area contributed by atoms with Gasteiger partial charge in [-0.2, -0.15) is 5.10 Å². The van der Waals surface area contributed by atoms with Crippen molar-refractivity contribution in [2.75, 3.05) is 0 Å². The fourth-order valence-corrected chi connectivity index (χ4v) is 2.15. The molecule has 0 N–H and O–H groups in total. The summed E-state index contributed by atoms with van der Waals surface area (Å²) in [5.41, 5.74) is 0.946. The number of hydrogen-bond donors (Lipinski definition) is 0. The lowest BCUT2D eigenvalue weighted by atomic mass is 10.3. The van der Waals surface area contributed by atoms with E-state index in [-0.39, 0.29) is 6.04 Å². The molecular formula is C13H13F2N5. The molecule has 0 aliphatic rings. The Hall–Kier alpha value is -2.31. The van der Waals surface area contributed by atoms with Crippen LogP contribution in [0.5, 0.6) is 0 Å². The van der Waals surface area contributed by atoms with Gasteiger partial charge in [0.2, 0.25) is 0 Å². The van der Waals surface area contributed by atoms with E-state index in [0.29, 0.717) is 17.6 Å². The highest BCUT2D eigenvalue weighted by Gasteiger charge is 2.12. The van der Waals surface area contributed by atoms with Crippen molar-refractivity contribution < 1.29 is 8.78 Å². The molecule has 2 heterocycles. The number of nitrogens with zero attached hydrogens (tertiary/aromatic N) is 5. The molecule has 5 nitrogen and oxygen atoms in total. The fraction of sp³-hybridized carbons (Fsp3) is 0.308. The van der Waals surface area contributed by atoms with Crippen molar-refractivity contribution in [2.24, 2.45) is 0 Å². The highest BCUT2D eigenvalue weighted by molar-refractivity contribution is 5.75. The van der Waals surface area contributed by atoms with E-state index in [4.69, 9.17) is 0 Å². The molecule has 2 aromatic heterocycles. The van der Waals surface area contributed by atoms with E-state index >= 15 is 0 Å². The van der Waals surface area contributed by atoms with Crippen molar-refractivity contribution in [1.29, 1.82) is 0 Å². The van der Waals surface area contributed by atoms with Gasteiger partial charge in [-0.3, -0.25) is 0 Å². The summed E-state index contributed by atoms with van der Waals surface area (Å²) in [7, 11) is 0. The second-order valence-corrected chi connectivity index (χ2v) is 4.84. The minimum atomic E-state index is -0.895. The molecule has 0 amide bonds. The molecule has 0 spiro atoms. The maximum absolute atomic E-state index is 13.3. The zero-order chi connectivity index (χ0) is 14.3. The van der Waals surface area contributed by atoms with Crippen LogP contribution in [-0.2, 0) is 6.54 Å². The van der Waals surface area contributed by atoms with E-state index in [0.717, 1.165) is 18.0 Å². The van der Waals surface area contributed by atoms with Gasteiger partial charge >= 0.3 is 0 Å². The van der Waals surface area contributed by atoms with Gasteiger partial charge in [0, 0.05) is 18.2 Å². The molecule has 0 bridgehead atoms. The standard InChI is InChI=1S/C13H13F2N5/c1-8(2)20-13(16-6-18-20)5-19-7-17-11-3-9(14)10(15)4-12(11)19/h3-4,6-8H,5H2,1-2H3. The van der Waals surface area contributed by atoms with Crippen LogP contribution in [-0.4, -0.2) is 24.3 Å². The Morgan fingerprint density at radius 1 is 1.15 bits per heavy atom. The molecule has 20 heavy (non-hydrogen) atoms. The Balaban J connectivity index is 2.03. The largest absolute Gasteiger partial charge is 0.323 e.